The SMILES string of the molecule is CN1CCN(c2cnn(C3CCN(c4ncnc5sccc45)C3)c2)C1=O. The summed E-state index contributed by atoms with van der Waals surface area (Å²) in [6, 6.07) is 2.41. The fourth-order valence-electron chi connectivity index (χ4n) is 3.73. The molecular formula is C17H19N7OS. The zero-order chi connectivity index (χ0) is 17.7. The fraction of sp³-hybridized carbons (Fsp3) is 0.412. The third kappa shape index (κ3) is 2.42. The summed E-state index contributed by atoms with van der Waals surface area (Å²) < 4.78 is 1.99. The molecule has 3 aromatic rings. The molecule has 134 valence electrons. The van der Waals surface area contributed by atoms with Gasteiger partial charge in [-0.05, 0) is 17.9 Å². The first-order valence-corrected chi connectivity index (χ1v) is 9.58. The first-order chi connectivity index (χ1) is 12.7. The van der Waals surface area contributed by atoms with Crippen molar-refractivity contribution < 1.29 is 4.79 Å². The van der Waals surface area contributed by atoms with Gasteiger partial charge < -0.3 is 9.80 Å². The highest BCUT2D eigenvalue weighted by Gasteiger charge is 2.30. The van der Waals surface area contributed by atoms with Gasteiger partial charge in [0, 0.05) is 39.4 Å². The van der Waals surface area contributed by atoms with Crippen molar-refractivity contribution in [3.8, 4) is 0 Å². The van der Waals surface area contributed by atoms with Gasteiger partial charge in [-0.25, -0.2) is 14.8 Å². The monoisotopic (exact) mass is 369 g/mol. The molecule has 0 bridgehead atoms. The van der Waals surface area contributed by atoms with Gasteiger partial charge in [0.2, 0.25) is 0 Å². The molecule has 0 spiro atoms. The molecular weight excluding hydrogens is 350 g/mol. The van der Waals surface area contributed by atoms with Crippen LogP contribution in [0.1, 0.15) is 12.5 Å². The van der Waals surface area contributed by atoms with E-state index >= 15 is 0 Å². The molecule has 2 amide bonds. The Balaban J connectivity index is 1.35. The Morgan fingerprint density at radius 2 is 2.15 bits per heavy atom. The Kier molecular flexibility index (Phi) is 3.56. The van der Waals surface area contributed by atoms with Gasteiger partial charge in [-0.2, -0.15) is 5.10 Å². The minimum Gasteiger partial charge on any atom is -0.354 e. The average Bonchev–Trinajstić information content (AvgIpc) is 3.42. The van der Waals surface area contributed by atoms with Gasteiger partial charge in [-0.3, -0.25) is 9.58 Å². The first kappa shape index (κ1) is 15.6. The zero-order valence-electron chi connectivity index (χ0n) is 14.4. The molecule has 2 saturated heterocycles. The molecule has 2 fully saturated rings. The zero-order valence-corrected chi connectivity index (χ0v) is 15.3. The fourth-order valence-corrected chi connectivity index (χ4v) is 4.46. The molecule has 0 aromatic carbocycles. The second-order valence-corrected chi connectivity index (χ2v) is 7.65. The van der Waals surface area contributed by atoms with Crippen molar-refractivity contribution in [1.82, 2.24) is 24.6 Å². The quantitative estimate of drug-likeness (QED) is 0.708. The molecule has 5 heterocycles. The van der Waals surface area contributed by atoms with E-state index in [1.54, 1.807) is 33.7 Å². The Hall–Kier alpha value is -2.68. The Morgan fingerprint density at radius 3 is 3.00 bits per heavy atom. The Labute approximate surface area is 154 Å². The van der Waals surface area contributed by atoms with Crippen molar-refractivity contribution in [2.75, 3.05) is 43.0 Å². The largest absolute Gasteiger partial charge is 0.354 e. The maximum atomic E-state index is 12.2. The number of hydrogen-bond donors (Lipinski definition) is 0. The summed E-state index contributed by atoms with van der Waals surface area (Å²) in [4.78, 5) is 27.9. The van der Waals surface area contributed by atoms with Crippen LogP contribution in [0.25, 0.3) is 10.2 Å². The number of nitrogens with zero attached hydrogens (tertiary/aromatic N) is 7. The normalized spacial score (nSPS) is 20.7. The van der Waals surface area contributed by atoms with Gasteiger partial charge in [-0.15, -0.1) is 11.3 Å². The smallest absolute Gasteiger partial charge is 0.324 e. The van der Waals surface area contributed by atoms with E-state index in [0.717, 1.165) is 54.3 Å². The lowest BCUT2D eigenvalue weighted by Crippen LogP contribution is -2.28. The summed E-state index contributed by atoms with van der Waals surface area (Å²) in [6.07, 6.45) is 6.43. The number of fused-ring (bicyclic) bond motifs is 1. The number of hydrogen-bond acceptors (Lipinski definition) is 6. The van der Waals surface area contributed by atoms with E-state index in [0.29, 0.717) is 0 Å². The van der Waals surface area contributed by atoms with Crippen LogP contribution in [0.5, 0.6) is 0 Å². The Bertz CT molecular complexity index is 967. The molecule has 0 saturated carbocycles. The van der Waals surface area contributed by atoms with Crippen LogP contribution in [-0.2, 0) is 0 Å². The van der Waals surface area contributed by atoms with Gasteiger partial charge in [0.25, 0.3) is 0 Å². The standard InChI is InChI=1S/C17H19N7OS/c1-21-5-6-23(17(21)25)13-8-20-24(10-13)12-2-4-22(9-12)15-14-3-7-26-16(14)19-11-18-15/h3,7-8,10-12H,2,4-6,9H2,1H3. The number of urea groups is 1. The van der Waals surface area contributed by atoms with E-state index in [1.165, 1.54) is 0 Å². The lowest BCUT2D eigenvalue weighted by Gasteiger charge is -2.18. The molecule has 0 radical (unpaired) electrons. The molecule has 0 aliphatic carbocycles. The van der Waals surface area contributed by atoms with E-state index < -0.39 is 0 Å². The molecule has 2 aliphatic rings. The van der Waals surface area contributed by atoms with E-state index in [9.17, 15) is 4.79 Å². The van der Waals surface area contributed by atoms with Crippen LogP contribution in [-0.4, -0.2) is 63.9 Å². The highest BCUT2D eigenvalue weighted by atomic mass is 32.1. The summed E-state index contributed by atoms with van der Waals surface area (Å²) in [7, 11) is 1.83. The lowest BCUT2D eigenvalue weighted by atomic mass is 10.3. The van der Waals surface area contributed by atoms with Crippen molar-refractivity contribution in [3.63, 3.8) is 0 Å². The molecule has 9 heteroatoms. The molecule has 0 N–H and O–H groups in total. The summed E-state index contributed by atoms with van der Waals surface area (Å²) in [5.74, 6) is 1.00. The van der Waals surface area contributed by atoms with Crippen molar-refractivity contribution >= 4 is 39.1 Å². The number of carbonyl (C=O) groups is 1. The number of rotatable bonds is 3. The van der Waals surface area contributed by atoms with Crippen molar-refractivity contribution in [2.24, 2.45) is 0 Å². The van der Waals surface area contributed by atoms with Crippen LogP contribution >= 0.6 is 11.3 Å². The van der Waals surface area contributed by atoms with Gasteiger partial charge in [0.1, 0.15) is 17.0 Å². The molecule has 2 aliphatic heterocycles. The minimum absolute atomic E-state index is 0.0402. The number of likely N-dealkylation sites (N-methyl/N-ethyl adjacent to an activating group) is 1. The predicted molar refractivity (Wildman–Crippen MR) is 101 cm³/mol. The van der Waals surface area contributed by atoms with Gasteiger partial charge >= 0.3 is 6.03 Å². The number of carbonyl (C=O) groups excluding carboxylic acids is 1. The topological polar surface area (TPSA) is 70.4 Å². The predicted octanol–water partition coefficient (Wildman–Crippen LogP) is 2.21. The summed E-state index contributed by atoms with van der Waals surface area (Å²) in [5, 5.41) is 7.70. The third-order valence-electron chi connectivity index (χ3n) is 5.19. The van der Waals surface area contributed by atoms with Crippen LogP contribution in [0.15, 0.2) is 30.2 Å². The molecule has 26 heavy (non-hydrogen) atoms. The van der Waals surface area contributed by atoms with Crippen molar-refractivity contribution in [2.45, 2.75) is 12.5 Å². The van der Waals surface area contributed by atoms with Gasteiger partial charge in [-0.1, -0.05) is 0 Å². The van der Waals surface area contributed by atoms with Crippen LogP contribution in [0.3, 0.4) is 0 Å². The van der Waals surface area contributed by atoms with Crippen LogP contribution in [0, 0.1) is 0 Å². The first-order valence-electron chi connectivity index (χ1n) is 8.70. The van der Waals surface area contributed by atoms with Crippen LogP contribution in [0.4, 0.5) is 16.3 Å². The number of anilines is 2. The van der Waals surface area contributed by atoms with Crippen LogP contribution in [0.2, 0.25) is 0 Å². The molecule has 1 unspecified atom stereocenters. The van der Waals surface area contributed by atoms with E-state index in [4.69, 9.17) is 0 Å². The van der Waals surface area contributed by atoms with Crippen molar-refractivity contribution in [1.29, 1.82) is 0 Å². The van der Waals surface area contributed by atoms with Gasteiger partial charge in [0.05, 0.1) is 23.3 Å². The third-order valence-corrected chi connectivity index (χ3v) is 6.01. The summed E-state index contributed by atoms with van der Waals surface area (Å²) >= 11 is 1.64. The lowest BCUT2D eigenvalue weighted by molar-refractivity contribution is 0.229. The maximum absolute atomic E-state index is 12.2. The number of amides is 2. The minimum atomic E-state index is 0.0402. The second-order valence-electron chi connectivity index (χ2n) is 6.76. The summed E-state index contributed by atoms with van der Waals surface area (Å²) in [6.45, 7) is 3.27. The van der Waals surface area contributed by atoms with E-state index in [2.05, 4.69) is 31.4 Å². The summed E-state index contributed by atoms with van der Waals surface area (Å²) in [5.41, 5.74) is 0.875. The van der Waals surface area contributed by atoms with Gasteiger partial charge in [0.15, 0.2) is 0 Å². The molecule has 5 rings (SSSR count). The van der Waals surface area contributed by atoms with Crippen molar-refractivity contribution in [3.05, 3.63) is 30.2 Å². The molecule has 1 atom stereocenters. The highest BCUT2D eigenvalue weighted by Crippen LogP contribution is 2.32. The highest BCUT2D eigenvalue weighted by molar-refractivity contribution is 7.16. The molecule has 3 aromatic heterocycles. The average molecular weight is 369 g/mol. The van der Waals surface area contributed by atoms with Crippen LogP contribution < -0.4 is 9.80 Å². The second kappa shape index (κ2) is 5.94. The number of aromatic nitrogens is 4. The number of thiophene rings is 1. The van der Waals surface area contributed by atoms with E-state index in [-0.39, 0.29) is 12.1 Å². The molecule has 8 nitrogen and oxygen atoms in total. The van der Waals surface area contributed by atoms with E-state index in [1.807, 2.05) is 17.9 Å². The maximum Gasteiger partial charge on any atom is 0.324 e. The Morgan fingerprint density at radius 1 is 1.23 bits per heavy atom.